The molecule has 0 spiro atoms. The second kappa shape index (κ2) is 7.70. The molecule has 0 saturated heterocycles. The lowest BCUT2D eigenvalue weighted by molar-refractivity contribution is -0.182. The van der Waals surface area contributed by atoms with Gasteiger partial charge in [0.2, 0.25) is 0 Å². The van der Waals surface area contributed by atoms with Crippen molar-refractivity contribution in [1.29, 1.82) is 0 Å². The second-order valence-electron chi connectivity index (χ2n) is 3.08. The number of esters is 2. The van der Waals surface area contributed by atoms with Crippen molar-refractivity contribution in [3.63, 3.8) is 0 Å². The number of carbonyl (C=O) groups excluding carboxylic acids is 2. The Morgan fingerprint density at radius 3 is 2.12 bits per heavy atom. The van der Waals surface area contributed by atoms with Crippen molar-refractivity contribution in [2.75, 3.05) is 13.2 Å². The summed E-state index contributed by atoms with van der Waals surface area (Å²) in [5.74, 6) is -2.03. The first-order valence-electron chi connectivity index (χ1n) is 4.93. The van der Waals surface area contributed by atoms with E-state index in [4.69, 9.17) is 0 Å². The highest BCUT2D eigenvalue weighted by atomic mass is 19.4. The van der Waals surface area contributed by atoms with Crippen molar-refractivity contribution < 1.29 is 32.2 Å². The van der Waals surface area contributed by atoms with Crippen LogP contribution in [0.3, 0.4) is 0 Å². The molecule has 0 heterocycles. The van der Waals surface area contributed by atoms with E-state index in [-0.39, 0.29) is 6.61 Å². The van der Waals surface area contributed by atoms with E-state index in [1.807, 2.05) is 6.92 Å². The monoisotopic (exact) mass is 254 g/mol. The van der Waals surface area contributed by atoms with Gasteiger partial charge in [-0.3, -0.25) is 0 Å². The van der Waals surface area contributed by atoms with Crippen LogP contribution in [0, 0.1) is 0 Å². The molecule has 0 atom stereocenters. The van der Waals surface area contributed by atoms with Crippen molar-refractivity contribution in [3.05, 3.63) is 12.2 Å². The lowest BCUT2D eigenvalue weighted by atomic mass is 10.4. The summed E-state index contributed by atoms with van der Waals surface area (Å²) in [4.78, 5) is 21.6. The molecular formula is C10H13F3O4. The summed E-state index contributed by atoms with van der Waals surface area (Å²) >= 11 is 0. The number of carbonyl (C=O) groups is 2. The first-order chi connectivity index (χ1) is 7.85. The fourth-order valence-corrected chi connectivity index (χ4v) is 0.702. The van der Waals surface area contributed by atoms with Crippen LogP contribution in [0.4, 0.5) is 13.2 Å². The van der Waals surface area contributed by atoms with E-state index < -0.39 is 24.7 Å². The molecule has 7 heteroatoms. The van der Waals surface area contributed by atoms with Gasteiger partial charge in [-0.25, -0.2) is 9.59 Å². The molecule has 0 amide bonds. The minimum Gasteiger partial charge on any atom is -0.463 e. The van der Waals surface area contributed by atoms with Crippen LogP contribution >= 0.6 is 0 Å². The number of rotatable bonds is 6. The number of hydrogen-bond donors (Lipinski definition) is 0. The molecule has 0 fully saturated rings. The molecular weight excluding hydrogens is 241 g/mol. The number of ether oxygens (including phenoxy) is 2. The van der Waals surface area contributed by atoms with E-state index in [0.29, 0.717) is 12.5 Å². The normalized spacial score (nSPS) is 11.5. The zero-order valence-corrected chi connectivity index (χ0v) is 9.25. The van der Waals surface area contributed by atoms with Crippen LogP contribution in [-0.2, 0) is 19.1 Å². The van der Waals surface area contributed by atoms with Crippen LogP contribution in [0.1, 0.15) is 19.8 Å². The van der Waals surface area contributed by atoms with Crippen molar-refractivity contribution in [2.45, 2.75) is 25.9 Å². The number of unbranched alkanes of at least 4 members (excludes halogenated alkanes) is 1. The Labute approximate surface area is 96.4 Å². The van der Waals surface area contributed by atoms with Gasteiger partial charge >= 0.3 is 18.1 Å². The second-order valence-corrected chi connectivity index (χ2v) is 3.08. The molecule has 0 aromatic carbocycles. The summed E-state index contributed by atoms with van der Waals surface area (Å²) in [5.41, 5.74) is 0. The highest BCUT2D eigenvalue weighted by molar-refractivity contribution is 5.91. The Kier molecular flexibility index (Phi) is 7.00. The van der Waals surface area contributed by atoms with E-state index in [9.17, 15) is 22.8 Å². The molecule has 0 aliphatic rings. The number of alkyl halides is 3. The molecule has 0 bridgehead atoms. The van der Waals surface area contributed by atoms with Crippen molar-refractivity contribution in [1.82, 2.24) is 0 Å². The van der Waals surface area contributed by atoms with Gasteiger partial charge in [0.05, 0.1) is 6.61 Å². The average molecular weight is 254 g/mol. The van der Waals surface area contributed by atoms with E-state index in [2.05, 4.69) is 9.47 Å². The first-order valence-corrected chi connectivity index (χ1v) is 4.93. The average Bonchev–Trinajstić information content (AvgIpc) is 2.23. The summed E-state index contributed by atoms with van der Waals surface area (Å²) in [6.07, 6.45) is -1.73. The Balaban J connectivity index is 3.83. The zero-order chi connectivity index (χ0) is 13.3. The predicted molar refractivity (Wildman–Crippen MR) is 52.0 cm³/mol. The Bertz CT molecular complexity index is 284. The summed E-state index contributed by atoms with van der Waals surface area (Å²) in [7, 11) is 0. The summed E-state index contributed by atoms with van der Waals surface area (Å²) in [5, 5.41) is 0. The first kappa shape index (κ1) is 15.5. The third kappa shape index (κ3) is 10.7. The topological polar surface area (TPSA) is 52.6 Å². The molecule has 0 saturated carbocycles. The highest BCUT2D eigenvalue weighted by Crippen LogP contribution is 2.14. The van der Waals surface area contributed by atoms with Gasteiger partial charge < -0.3 is 9.47 Å². The molecule has 0 aliphatic carbocycles. The van der Waals surface area contributed by atoms with Crippen LogP contribution in [0.15, 0.2) is 12.2 Å². The third-order valence-electron chi connectivity index (χ3n) is 1.48. The molecule has 0 rings (SSSR count). The molecule has 0 N–H and O–H groups in total. The molecule has 0 aromatic rings. The summed E-state index contributed by atoms with van der Waals surface area (Å²) < 4.78 is 43.3. The summed E-state index contributed by atoms with van der Waals surface area (Å²) in [6, 6.07) is 0. The van der Waals surface area contributed by atoms with E-state index in [1.165, 1.54) is 0 Å². The number of halogens is 3. The molecule has 0 aromatic heterocycles. The lowest BCUT2D eigenvalue weighted by Gasteiger charge is -2.05. The smallest absolute Gasteiger partial charge is 0.422 e. The molecule has 17 heavy (non-hydrogen) atoms. The maximum atomic E-state index is 11.6. The highest BCUT2D eigenvalue weighted by Gasteiger charge is 2.29. The van der Waals surface area contributed by atoms with Gasteiger partial charge in [0.15, 0.2) is 6.61 Å². The zero-order valence-electron chi connectivity index (χ0n) is 9.25. The lowest BCUT2D eigenvalue weighted by Crippen LogP contribution is -2.19. The van der Waals surface area contributed by atoms with Gasteiger partial charge in [-0.05, 0) is 6.42 Å². The summed E-state index contributed by atoms with van der Waals surface area (Å²) in [6.45, 7) is 0.427. The van der Waals surface area contributed by atoms with Gasteiger partial charge in [0.1, 0.15) is 0 Å². The molecule has 0 unspecified atom stereocenters. The Hall–Kier alpha value is -1.53. The SMILES string of the molecule is CCCCOC(=O)/C=C/C(=O)OCC(F)(F)F. The maximum Gasteiger partial charge on any atom is 0.422 e. The molecule has 0 aliphatic heterocycles. The van der Waals surface area contributed by atoms with E-state index >= 15 is 0 Å². The minimum atomic E-state index is -4.58. The minimum absolute atomic E-state index is 0.206. The number of hydrogen-bond acceptors (Lipinski definition) is 4. The molecule has 4 nitrogen and oxygen atoms in total. The van der Waals surface area contributed by atoms with Gasteiger partial charge in [0, 0.05) is 12.2 Å². The predicted octanol–water partition coefficient (Wildman–Crippen LogP) is 1.99. The quantitative estimate of drug-likeness (QED) is 0.413. The maximum absolute atomic E-state index is 11.6. The van der Waals surface area contributed by atoms with E-state index in [0.717, 1.165) is 12.5 Å². The largest absolute Gasteiger partial charge is 0.463 e. The fraction of sp³-hybridized carbons (Fsp3) is 0.600. The Morgan fingerprint density at radius 2 is 1.65 bits per heavy atom. The molecule has 0 radical (unpaired) electrons. The van der Waals surface area contributed by atoms with Gasteiger partial charge in [-0.1, -0.05) is 13.3 Å². The Morgan fingerprint density at radius 1 is 1.12 bits per heavy atom. The van der Waals surface area contributed by atoms with Crippen molar-refractivity contribution in [3.8, 4) is 0 Å². The van der Waals surface area contributed by atoms with Crippen molar-refractivity contribution in [2.24, 2.45) is 0 Å². The van der Waals surface area contributed by atoms with E-state index in [1.54, 1.807) is 0 Å². The van der Waals surface area contributed by atoms with Gasteiger partial charge in [-0.2, -0.15) is 13.2 Å². The van der Waals surface area contributed by atoms with Gasteiger partial charge in [0.25, 0.3) is 0 Å². The van der Waals surface area contributed by atoms with Gasteiger partial charge in [-0.15, -0.1) is 0 Å². The van der Waals surface area contributed by atoms with Crippen molar-refractivity contribution >= 4 is 11.9 Å². The van der Waals surface area contributed by atoms with Crippen LogP contribution < -0.4 is 0 Å². The van der Waals surface area contributed by atoms with Crippen LogP contribution in [0.2, 0.25) is 0 Å². The fourth-order valence-electron chi connectivity index (χ4n) is 0.702. The standard InChI is InChI=1S/C10H13F3O4/c1-2-3-6-16-8(14)4-5-9(15)17-7-10(11,12)13/h4-5H,2-3,6-7H2,1H3/b5-4+. The third-order valence-corrected chi connectivity index (χ3v) is 1.48. The van der Waals surface area contributed by atoms with Crippen LogP contribution in [0.25, 0.3) is 0 Å². The molecule has 98 valence electrons. The van der Waals surface area contributed by atoms with Crippen LogP contribution in [-0.4, -0.2) is 31.3 Å². The van der Waals surface area contributed by atoms with Crippen LogP contribution in [0.5, 0.6) is 0 Å².